The zero-order chi connectivity index (χ0) is 18.2. The summed E-state index contributed by atoms with van der Waals surface area (Å²) in [4.78, 5) is 30.0. The van der Waals surface area contributed by atoms with Crippen LogP contribution in [-0.4, -0.2) is 62.6 Å². The molecule has 2 heterocycles. The van der Waals surface area contributed by atoms with E-state index in [4.69, 9.17) is 0 Å². The zero-order valence-corrected chi connectivity index (χ0v) is 14.4. The first-order valence-electron chi connectivity index (χ1n) is 7.94. The summed E-state index contributed by atoms with van der Waals surface area (Å²) in [6.07, 6.45) is 6.78. The number of likely N-dealkylation sites (N-methyl/N-ethyl adjacent to an activating group) is 1. The Morgan fingerprint density at radius 1 is 1.28 bits per heavy atom. The Morgan fingerprint density at radius 3 is 2.64 bits per heavy atom. The molecule has 0 spiro atoms. The van der Waals surface area contributed by atoms with E-state index in [1.54, 1.807) is 24.3 Å². The second kappa shape index (κ2) is 8.88. The predicted molar refractivity (Wildman–Crippen MR) is 91.7 cm³/mol. The van der Waals surface area contributed by atoms with Crippen molar-refractivity contribution < 1.29 is 9.72 Å². The van der Waals surface area contributed by atoms with Crippen molar-refractivity contribution in [1.82, 2.24) is 24.6 Å². The largest absolute Gasteiger partial charge is 0.344 e. The second-order valence-electron chi connectivity index (χ2n) is 5.92. The molecule has 0 saturated carbocycles. The second-order valence-corrected chi connectivity index (χ2v) is 5.92. The van der Waals surface area contributed by atoms with Crippen LogP contribution in [0.5, 0.6) is 0 Å². The van der Waals surface area contributed by atoms with Crippen LogP contribution in [0, 0.1) is 10.1 Å². The number of nitro groups is 1. The molecule has 2 aromatic rings. The molecule has 0 atom stereocenters. The van der Waals surface area contributed by atoms with Crippen LogP contribution < -0.4 is 0 Å². The third-order valence-electron chi connectivity index (χ3n) is 3.79. The molecule has 134 valence electrons. The average molecular weight is 346 g/mol. The SMILES string of the molecule is CN(CCCN(C)C(=O)Cn1cc([N+](=O)[O-])cn1)Cc1ccncc1. The van der Waals surface area contributed by atoms with E-state index in [1.807, 2.05) is 19.2 Å². The summed E-state index contributed by atoms with van der Waals surface area (Å²) in [5.41, 5.74) is 1.08. The van der Waals surface area contributed by atoms with Gasteiger partial charge in [0.15, 0.2) is 0 Å². The minimum Gasteiger partial charge on any atom is -0.344 e. The van der Waals surface area contributed by atoms with Gasteiger partial charge in [0.1, 0.15) is 18.9 Å². The van der Waals surface area contributed by atoms with E-state index in [1.165, 1.54) is 16.4 Å². The molecule has 1 amide bonds. The maximum atomic E-state index is 12.1. The van der Waals surface area contributed by atoms with E-state index in [-0.39, 0.29) is 18.1 Å². The standard InChI is InChI=1S/C16H22N6O3/c1-19(11-14-4-6-17-7-5-14)8-3-9-20(2)16(23)13-21-12-15(10-18-21)22(24)25/h4-7,10,12H,3,8-9,11,13H2,1-2H3. The summed E-state index contributed by atoms with van der Waals surface area (Å²) in [6, 6.07) is 3.96. The summed E-state index contributed by atoms with van der Waals surface area (Å²) < 4.78 is 1.28. The van der Waals surface area contributed by atoms with Crippen LogP contribution in [0.4, 0.5) is 5.69 Å². The predicted octanol–water partition coefficient (Wildman–Crippen LogP) is 1.17. The van der Waals surface area contributed by atoms with Crippen LogP contribution in [0.1, 0.15) is 12.0 Å². The highest BCUT2D eigenvalue weighted by Gasteiger charge is 2.14. The lowest BCUT2D eigenvalue weighted by Crippen LogP contribution is -2.33. The first-order valence-corrected chi connectivity index (χ1v) is 7.94. The Hall–Kier alpha value is -2.81. The van der Waals surface area contributed by atoms with Gasteiger partial charge in [-0.2, -0.15) is 5.10 Å². The summed E-state index contributed by atoms with van der Waals surface area (Å²) in [5.74, 6) is -0.130. The summed E-state index contributed by atoms with van der Waals surface area (Å²) >= 11 is 0. The minimum absolute atomic E-state index is 0.00278. The number of carbonyl (C=O) groups is 1. The molecule has 0 aliphatic rings. The van der Waals surface area contributed by atoms with Gasteiger partial charge in [0.2, 0.25) is 5.91 Å². The van der Waals surface area contributed by atoms with Gasteiger partial charge in [-0.05, 0) is 37.7 Å². The van der Waals surface area contributed by atoms with Crippen molar-refractivity contribution in [2.75, 3.05) is 27.2 Å². The fraction of sp³-hybridized carbons (Fsp3) is 0.438. The highest BCUT2D eigenvalue weighted by molar-refractivity contribution is 5.75. The van der Waals surface area contributed by atoms with Crippen molar-refractivity contribution in [3.8, 4) is 0 Å². The third kappa shape index (κ3) is 5.96. The van der Waals surface area contributed by atoms with Gasteiger partial charge in [-0.3, -0.25) is 24.6 Å². The molecule has 0 saturated heterocycles. The topological polar surface area (TPSA) is 97.4 Å². The maximum absolute atomic E-state index is 12.1. The molecule has 9 nitrogen and oxygen atoms in total. The molecule has 0 bridgehead atoms. The molecule has 0 N–H and O–H groups in total. The monoisotopic (exact) mass is 346 g/mol. The van der Waals surface area contributed by atoms with Gasteiger partial charge in [-0.15, -0.1) is 0 Å². The summed E-state index contributed by atoms with van der Waals surface area (Å²) in [5, 5.41) is 14.4. The van der Waals surface area contributed by atoms with E-state index < -0.39 is 4.92 Å². The van der Waals surface area contributed by atoms with Gasteiger partial charge >= 0.3 is 5.69 Å². The molecule has 0 fully saturated rings. The Bertz CT molecular complexity index is 703. The highest BCUT2D eigenvalue weighted by atomic mass is 16.6. The van der Waals surface area contributed by atoms with Crippen LogP contribution in [0.25, 0.3) is 0 Å². The van der Waals surface area contributed by atoms with Gasteiger partial charge in [-0.1, -0.05) is 0 Å². The highest BCUT2D eigenvalue weighted by Crippen LogP contribution is 2.08. The third-order valence-corrected chi connectivity index (χ3v) is 3.79. The first-order chi connectivity index (χ1) is 12.0. The summed E-state index contributed by atoms with van der Waals surface area (Å²) in [7, 11) is 3.76. The van der Waals surface area contributed by atoms with Gasteiger partial charge in [0.05, 0.1) is 4.92 Å². The number of hydrogen-bond acceptors (Lipinski definition) is 6. The molecule has 0 radical (unpaired) electrons. The lowest BCUT2D eigenvalue weighted by molar-refractivity contribution is -0.385. The Labute approximate surface area is 146 Å². The van der Waals surface area contributed by atoms with Crippen molar-refractivity contribution in [3.05, 3.63) is 52.6 Å². The smallest absolute Gasteiger partial charge is 0.307 e. The molecule has 0 unspecified atom stereocenters. The Kier molecular flexibility index (Phi) is 6.58. The molecule has 0 aliphatic carbocycles. The van der Waals surface area contributed by atoms with Crippen LogP contribution in [0.15, 0.2) is 36.9 Å². The number of aromatic nitrogens is 3. The average Bonchev–Trinajstić information content (AvgIpc) is 3.04. The van der Waals surface area contributed by atoms with Crippen molar-refractivity contribution in [3.63, 3.8) is 0 Å². The van der Waals surface area contributed by atoms with Crippen molar-refractivity contribution in [1.29, 1.82) is 0 Å². The minimum atomic E-state index is -0.531. The number of carbonyl (C=O) groups excluding carboxylic acids is 1. The van der Waals surface area contributed by atoms with Crippen LogP contribution >= 0.6 is 0 Å². The quantitative estimate of drug-likeness (QED) is 0.499. The Morgan fingerprint density at radius 2 is 2.00 bits per heavy atom. The lowest BCUT2D eigenvalue weighted by Gasteiger charge is -2.20. The van der Waals surface area contributed by atoms with E-state index >= 15 is 0 Å². The van der Waals surface area contributed by atoms with Gasteiger partial charge in [-0.25, -0.2) is 0 Å². The first kappa shape index (κ1) is 18.5. The normalized spacial score (nSPS) is 10.8. The van der Waals surface area contributed by atoms with Gasteiger partial charge in [0, 0.05) is 32.5 Å². The molecule has 9 heteroatoms. The number of pyridine rings is 1. The molecule has 2 aromatic heterocycles. The number of rotatable bonds is 9. The molecular weight excluding hydrogens is 324 g/mol. The molecule has 25 heavy (non-hydrogen) atoms. The van der Waals surface area contributed by atoms with Crippen LogP contribution in [0.2, 0.25) is 0 Å². The lowest BCUT2D eigenvalue weighted by atomic mass is 10.2. The number of amides is 1. The van der Waals surface area contributed by atoms with Gasteiger partial charge < -0.3 is 9.80 Å². The number of hydrogen-bond donors (Lipinski definition) is 0. The van der Waals surface area contributed by atoms with Crippen LogP contribution in [0.3, 0.4) is 0 Å². The van der Waals surface area contributed by atoms with E-state index in [0.29, 0.717) is 6.54 Å². The fourth-order valence-corrected chi connectivity index (χ4v) is 2.37. The van der Waals surface area contributed by atoms with Crippen molar-refractivity contribution >= 4 is 11.6 Å². The van der Waals surface area contributed by atoms with Crippen LogP contribution in [-0.2, 0) is 17.9 Å². The molecule has 0 aliphatic heterocycles. The van der Waals surface area contributed by atoms with E-state index in [9.17, 15) is 14.9 Å². The number of nitrogens with zero attached hydrogens (tertiary/aromatic N) is 6. The van der Waals surface area contributed by atoms with Gasteiger partial charge in [0.25, 0.3) is 0 Å². The molecular formula is C16H22N6O3. The fourth-order valence-electron chi connectivity index (χ4n) is 2.37. The Balaban J connectivity index is 1.70. The van der Waals surface area contributed by atoms with Crippen molar-refractivity contribution in [2.24, 2.45) is 0 Å². The zero-order valence-electron chi connectivity index (χ0n) is 14.4. The molecule has 0 aromatic carbocycles. The van der Waals surface area contributed by atoms with E-state index in [0.717, 1.165) is 25.7 Å². The van der Waals surface area contributed by atoms with E-state index in [2.05, 4.69) is 15.0 Å². The molecule has 2 rings (SSSR count). The maximum Gasteiger partial charge on any atom is 0.307 e. The summed E-state index contributed by atoms with van der Waals surface area (Å²) in [6.45, 7) is 2.30. The van der Waals surface area contributed by atoms with Crippen molar-refractivity contribution in [2.45, 2.75) is 19.5 Å².